The fourth-order valence-corrected chi connectivity index (χ4v) is 2.32. The fourth-order valence-electron chi connectivity index (χ4n) is 2.32. The van der Waals surface area contributed by atoms with Crippen LogP contribution in [0.15, 0.2) is 12.4 Å². The minimum absolute atomic E-state index is 0.0166. The third-order valence-electron chi connectivity index (χ3n) is 3.23. The van der Waals surface area contributed by atoms with Crippen LogP contribution in [0, 0.1) is 0 Å². The Morgan fingerprint density at radius 1 is 1.53 bits per heavy atom. The molecule has 1 aliphatic heterocycles. The third kappa shape index (κ3) is 2.54. The minimum Gasteiger partial charge on any atom is -0.476 e. The molecule has 2 rings (SSSR count). The molecule has 0 spiro atoms. The molecule has 1 aliphatic rings. The van der Waals surface area contributed by atoms with Gasteiger partial charge in [-0.25, -0.2) is 9.78 Å². The standard InChI is InChI=1S/C12H17N3O2/c1-2-9-5-3-4-6-15(9)11-8-13-7-10(14-11)12(16)17/h7-9H,2-6H2,1H3,(H,16,17). The number of hydrogen-bond acceptors (Lipinski definition) is 4. The zero-order valence-electron chi connectivity index (χ0n) is 9.96. The summed E-state index contributed by atoms with van der Waals surface area (Å²) in [5.41, 5.74) is 0.0166. The minimum atomic E-state index is -1.02. The first kappa shape index (κ1) is 11.8. The maximum absolute atomic E-state index is 10.9. The van der Waals surface area contributed by atoms with Crippen molar-refractivity contribution in [2.45, 2.75) is 38.6 Å². The van der Waals surface area contributed by atoms with E-state index in [4.69, 9.17) is 5.11 Å². The highest BCUT2D eigenvalue weighted by Gasteiger charge is 2.22. The zero-order chi connectivity index (χ0) is 12.3. The number of carboxylic acid groups (broad SMARTS) is 1. The Morgan fingerprint density at radius 3 is 3.06 bits per heavy atom. The SMILES string of the molecule is CCC1CCCCN1c1cncc(C(=O)O)n1. The van der Waals surface area contributed by atoms with E-state index < -0.39 is 5.97 Å². The van der Waals surface area contributed by atoms with Gasteiger partial charge in [-0.1, -0.05) is 6.92 Å². The first-order valence-corrected chi connectivity index (χ1v) is 6.04. The van der Waals surface area contributed by atoms with Gasteiger partial charge in [-0.2, -0.15) is 0 Å². The van der Waals surface area contributed by atoms with E-state index in [-0.39, 0.29) is 5.69 Å². The Morgan fingerprint density at radius 2 is 2.35 bits per heavy atom. The van der Waals surface area contributed by atoms with Gasteiger partial charge in [0.1, 0.15) is 5.82 Å². The highest BCUT2D eigenvalue weighted by atomic mass is 16.4. The van der Waals surface area contributed by atoms with Gasteiger partial charge in [-0.05, 0) is 25.7 Å². The van der Waals surface area contributed by atoms with E-state index in [0.717, 1.165) is 25.8 Å². The second-order valence-electron chi connectivity index (χ2n) is 4.32. The van der Waals surface area contributed by atoms with E-state index in [1.807, 2.05) is 0 Å². The van der Waals surface area contributed by atoms with Crippen molar-refractivity contribution in [2.75, 3.05) is 11.4 Å². The lowest BCUT2D eigenvalue weighted by Gasteiger charge is -2.36. The summed E-state index contributed by atoms with van der Waals surface area (Å²) < 4.78 is 0. The topological polar surface area (TPSA) is 66.3 Å². The molecule has 1 N–H and O–H groups in total. The molecule has 0 saturated carbocycles. The van der Waals surface area contributed by atoms with Crippen LogP contribution in [0.5, 0.6) is 0 Å². The van der Waals surface area contributed by atoms with Gasteiger partial charge in [0.25, 0.3) is 0 Å². The first-order chi connectivity index (χ1) is 8.22. The highest BCUT2D eigenvalue weighted by molar-refractivity contribution is 5.85. The number of piperidine rings is 1. The van der Waals surface area contributed by atoms with Gasteiger partial charge < -0.3 is 10.0 Å². The highest BCUT2D eigenvalue weighted by Crippen LogP contribution is 2.24. The molecular formula is C12H17N3O2. The Kier molecular flexibility index (Phi) is 3.56. The monoisotopic (exact) mass is 235 g/mol. The van der Waals surface area contributed by atoms with E-state index >= 15 is 0 Å². The van der Waals surface area contributed by atoms with Gasteiger partial charge in [-0.15, -0.1) is 0 Å². The van der Waals surface area contributed by atoms with Gasteiger partial charge in [0.15, 0.2) is 5.69 Å². The van der Waals surface area contributed by atoms with Crippen molar-refractivity contribution >= 4 is 11.8 Å². The molecule has 1 atom stereocenters. The molecule has 5 nitrogen and oxygen atoms in total. The third-order valence-corrected chi connectivity index (χ3v) is 3.23. The number of aromatic nitrogens is 2. The second kappa shape index (κ2) is 5.12. The fraction of sp³-hybridized carbons (Fsp3) is 0.583. The van der Waals surface area contributed by atoms with Crippen LogP contribution in [0.3, 0.4) is 0 Å². The predicted octanol–water partition coefficient (Wildman–Crippen LogP) is 1.94. The molecule has 1 fully saturated rings. The smallest absolute Gasteiger partial charge is 0.356 e. The summed E-state index contributed by atoms with van der Waals surface area (Å²) in [6.07, 6.45) is 7.52. The van der Waals surface area contributed by atoms with Crippen LogP contribution < -0.4 is 4.90 Å². The number of aromatic carboxylic acids is 1. The molecule has 1 unspecified atom stereocenters. The van der Waals surface area contributed by atoms with E-state index in [1.165, 1.54) is 12.6 Å². The molecule has 5 heteroatoms. The number of hydrogen-bond donors (Lipinski definition) is 1. The molecule has 0 radical (unpaired) electrons. The van der Waals surface area contributed by atoms with Crippen LogP contribution in [0.25, 0.3) is 0 Å². The van der Waals surface area contributed by atoms with Crippen molar-refractivity contribution in [1.82, 2.24) is 9.97 Å². The number of nitrogens with zero attached hydrogens (tertiary/aromatic N) is 3. The van der Waals surface area contributed by atoms with Crippen molar-refractivity contribution in [1.29, 1.82) is 0 Å². The molecule has 0 bridgehead atoms. The summed E-state index contributed by atoms with van der Waals surface area (Å²) in [4.78, 5) is 21.2. The maximum atomic E-state index is 10.9. The Labute approximate surface area is 100 Å². The van der Waals surface area contributed by atoms with E-state index in [0.29, 0.717) is 11.9 Å². The average Bonchev–Trinajstić information content (AvgIpc) is 2.39. The lowest BCUT2D eigenvalue weighted by molar-refractivity contribution is 0.0690. The van der Waals surface area contributed by atoms with E-state index in [2.05, 4.69) is 21.8 Å². The molecule has 1 aromatic heterocycles. The van der Waals surface area contributed by atoms with Gasteiger partial charge >= 0.3 is 5.97 Å². The summed E-state index contributed by atoms with van der Waals surface area (Å²) in [6, 6.07) is 0.460. The molecule has 1 aromatic rings. The quantitative estimate of drug-likeness (QED) is 0.867. The molecule has 0 aliphatic carbocycles. The van der Waals surface area contributed by atoms with Crippen LogP contribution in [-0.4, -0.2) is 33.6 Å². The number of rotatable bonds is 3. The van der Waals surface area contributed by atoms with Gasteiger partial charge in [0.05, 0.1) is 12.4 Å². The Bertz CT molecular complexity index is 408. The molecule has 0 amide bonds. The first-order valence-electron chi connectivity index (χ1n) is 6.04. The van der Waals surface area contributed by atoms with Crippen molar-refractivity contribution in [3.63, 3.8) is 0 Å². The summed E-state index contributed by atoms with van der Waals surface area (Å²) in [5, 5.41) is 8.91. The van der Waals surface area contributed by atoms with Gasteiger partial charge in [0, 0.05) is 12.6 Å². The molecule has 1 saturated heterocycles. The van der Waals surface area contributed by atoms with Crippen molar-refractivity contribution < 1.29 is 9.90 Å². The molecule has 0 aromatic carbocycles. The number of carboxylic acids is 1. The number of anilines is 1. The molecular weight excluding hydrogens is 218 g/mol. The predicted molar refractivity (Wildman–Crippen MR) is 64.3 cm³/mol. The zero-order valence-corrected chi connectivity index (χ0v) is 9.96. The normalized spacial score (nSPS) is 20.3. The van der Waals surface area contributed by atoms with Gasteiger partial charge in [-0.3, -0.25) is 4.98 Å². The second-order valence-corrected chi connectivity index (χ2v) is 4.32. The summed E-state index contributed by atoms with van der Waals surface area (Å²) in [6.45, 7) is 3.09. The van der Waals surface area contributed by atoms with Crippen LogP contribution in [0.1, 0.15) is 43.1 Å². The van der Waals surface area contributed by atoms with Crippen molar-refractivity contribution in [3.05, 3.63) is 18.1 Å². The van der Waals surface area contributed by atoms with Crippen LogP contribution >= 0.6 is 0 Å². The van der Waals surface area contributed by atoms with Crippen molar-refractivity contribution in [2.24, 2.45) is 0 Å². The van der Waals surface area contributed by atoms with Crippen LogP contribution in [0.4, 0.5) is 5.82 Å². The van der Waals surface area contributed by atoms with Crippen molar-refractivity contribution in [3.8, 4) is 0 Å². The maximum Gasteiger partial charge on any atom is 0.356 e. The average molecular weight is 235 g/mol. The van der Waals surface area contributed by atoms with E-state index in [1.54, 1.807) is 6.20 Å². The molecule has 92 valence electrons. The van der Waals surface area contributed by atoms with Gasteiger partial charge in [0.2, 0.25) is 0 Å². The molecule has 2 heterocycles. The Hall–Kier alpha value is -1.65. The van der Waals surface area contributed by atoms with Crippen LogP contribution in [-0.2, 0) is 0 Å². The summed E-state index contributed by atoms with van der Waals surface area (Å²) in [7, 11) is 0. The molecule has 17 heavy (non-hydrogen) atoms. The Balaban J connectivity index is 2.25. The summed E-state index contributed by atoms with van der Waals surface area (Å²) in [5.74, 6) is -0.333. The number of carbonyl (C=O) groups is 1. The van der Waals surface area contributed by atoms with Crippen LogP contribution in [0.2, 0.25) is 0 Å². The lowest BCUT2D eigenvalue weighted by Crippen LogP contribution is -2.39. The summed E-state index contributed by atoms with van der Waals surface area (Å²) >= 11 is 0. The largest absolute Gasteiger partial charge is 0.476 e. The van der Waals surface area contributed by atoms with E-state index in [9.17, 15) is 4.79 Å². The lowest BCUT2D eigenvalue weighted by atomic mass is 10.0.